The van der Waals surface area contributed by atoms with Crippen molar-refractivity contribution in [1.29, 1.82) is 0 Å². The average molecular weight is 377 g/mol. The molecule has 0 atom stereocenters. The molecule has 4 rings (SSSR count). The monoisotopic (exact) mass is 377 g/mol. The third-order valence-corrected chi connectivity index (χ3v) is 5.34. The Labute approximate surface area is 164 Å². The van der Waals surface area contributed by atoms with Gasteiger partial charge in [-0.05, 0) is 62.4 Å². The summed E-state index contributed by atoms with van der Waals surface area (Å²) in [6, 6.07) is 16.3. The number of benzene rings is 2. The molecular weight excluding hydrogens is 353 g/mol. The van der Waals surface area contributed by atoms with Gasteiger partial charge in [0.25, 0.3) is 5.91 Å². The lowest BCUT2D eigenvalue weighted by molar-refractivity contribution is 0.0745. The summed E-state index contributed by atoms with van der Waals surface area (Å²) in [6.45, 7) is 3.17. The van der Waals surface area contributed by atoms with E-state index in [1.165, 1.54) is 12.1 Å². The Balaban J connectivity index is 1.70. The summed E-state index contributed by atoms with van der Waals surface area (Å²) in [5.74, 6) is -0.313. The van der Waals surface area contributed by atoms with E-state index >= 15 is 0 Å². The van der Waals surface area contributed by atoms with E-state index in [1.807, 2.05) is 46.8 Å². The van der Waals surface area contributed by atoms with Gasteiger partial charge in [-0.3, -0.25) is 4.79 Å². The fraction of sp³-hybridized carbons (Fsp3) is 0.304. The molecule has 0 fully saturated rings. The summed E-state index contributed by atoms with van der Waals surface area (Å²) in [4.78, 5) is 15.2. The Kier molecular flexibility index (Phi) is 5.24. The largest absolute Gasteiger partial charge is 0.333 e. The molecule has 4 nitrogen and oxygen atoms in total. The molecule has 2 aromatic carbocycles. The fourth-order valence-electron chi connectivity index (χ4n) is 3.85. The van der Waals surface area contributed by atoms with Crippen molar-refractivity contribution in [2.24, 2.45) is 0 Å². The van der Waals surface area contributed by atoms with Crippen LogP contribution < -0.4 is 0 Å². The summed E-state index contributed by atoms with van der Waals surface area (Å²) in [5, 5.41) is 4.71. The lowest BCUT2D eigenvalue weighted by atomic mass is 9.95. The maximum absolute atomic E-state index is 13.3. The first kappa shape index (κ1) is 18.4. The van der Waals surface area contributed by atoms with Crippen molar-refractivity contribution in [3.8, 4) is 5.69 Å². The Morgan fingerprint density at radius 2 is 1.79 bits per heavy atom. The molecule has 1 aliphatic carbocycles. The standard InChI is InChI=1S/C23H24FN3O/c1-2-26(16-17-8-4-3-5-9-17)23(28)22-20-10-6-7-11-21(20)27(25-22)19-14-12-18(24)13-15-19/h3-5,8-9,12-15H,2,6-7,10-11,16H2,1H3. The number of hydrogen-bond donors (Lipinski definition) is 0. The molecule has 1 aliphatic rings. The van der Waals surface area contributed by atoms with E-state index in [4.69, 9.17) is 5.10 Å². The molecular formula is C23H24FN3O. The molecule has 0 aliphatic heterocycles. The second kappa shape index (κ2) is 7.97. The number of carbonyl (C=O) groups is 1. The van der Waals surface area contributed by atoms with Crippen molar-refractivity contribution < 1.29 is 9.18 Å². The molecule has 5 heteroatoms. The van der Waals surface area contributed by atoms with Crippen LogP contribution in [0.25, 0.3) is 5.69 Å². The summed E-state index contributed by atoms with van der Waals surface area (Å²) in [7, 11) is 0. The van der Waals surface area contributed by atoms with Gasteiger partial charge >= 0.3 is 0 Å². The average Bonchev–Trinajstić information content (AvgIpc) is 3.12. The smallest absolute Gasteiger partial charge is 0.274 e. The molecule has 3 aromatic rings. The minimum absolute atomic E-state index is 0.0367. The molecule has 1 amide bonds. The van der Waals surface area contributed by atoms with Gasteiger partial charge in [0.2, 0.25) is 0 Å². The van der Waals surface area contributed by atoms with Gasteiger partial charge < -0.3 is 4.90 Å². The van der Waals surface area contributed by atoms with Gasteiger partial charge in [-0.25, -0.2) is 9.07 Å². The number of nitrogens with zero attached hydrogens (tertiary/aromatic N) is 3. The van der Waals surface area contributed by atoms with E-state index < -0.39 is 0 Å². The van der Waals surface area contributed by atoms with Crippen LogP contribution in [0.2, 0.25) is 0 Å². The zero-order chi connectivity index (χ0) is 19.5. The molecule has 0 saturated heterocycles. The molecule has 0 bridgehead atoms. The van der Waals surface area contributed by atoms with Crippen molar-refractivity contribution in [2.75, 3.05) is 6.54 Å². The summed E-state index contributed by atoms with van der Waals surface area (Å²) in [6.07, 6.45) is 3.89. The maximum atomic E-state index is 13.3. The third-order valence-electron chi connectivity index (χ3n) is 5.34. The number of amides is 1. The molecule has 0 saturated carbocycles. The number of hydrogen-bond acceptors (Lipinski definition) is 2. The van der Waals surface area contributed by atoms with Crippen LogP contribution in [0.3, 0.4) is 0 Å². The van der Waals surface area contributed by atoms with E-state index in [0.717, 1.165) is 48.2 Å². The number of rotatable bonds is 5. The highest BCUT2D eigenvalue weighted by Gasteiger charge is 2.28. The molecule has 0 radical (unpaired) electrons. The zero-order valence-corrected chi connectivity index (χ0v) is 16.1. The van der Waals surface area contributed by atoms with Crippen LogP contribution >= 0.6 is 0 Å². The number of halogens is 1. The Morgan fingerprint density at radius 1 is 1.07 bits per heavy atom. The lowest BCUT2D eigenvalue weighted by Crippen LogP contribution is -2.31. The molecule has 0 unspecified atom stereocenters. The van der Waals surface area contributed by atoms with Gasteiger partial charge in [-0.15, -0.1) is 0 Å². The minimum Gasteiger partial charge on any atom is -0.333 e. The first-order valence-electron chi connectivity index (χ1n) is 9.87. The van der Waals surface area contributed by atoms with Gasteiger partial charge in [0.05, 0.1) is 5.69 Å². The number of aromatic nitrogens is 2. The Hall–Kier alpha value is -2.95. The van der Waals surface area contributed by atoms with E-state index in [9.17, 15) is 9.18 Å². The predicted molar refractivity (Wildman–Crippen MR) is 107 cm³/mol. The van der Waals surface area contributed by atoms with E-state index in [2.05, 4.69) is 0 Å². The van der Waals surface area contributed by atoms with Crippen molar-refractivity contribution in [3.63, 3.8) is 0 Å². The van der Waals surface area contributed by atoms with Crippen molar-refractivity contribution >= 4 is 5.91 Å². The Bertz CT molecular complexity index is 964. The quantitative estimate of drug-likeness (QED) is 0.654. The first-order valence-corrected chi connectivity index (χ1v) is 9.87. The van der Waals surface area contributed by atoms with Crippen molar-refractivity contribution in [2.45, 2.75) is 39.2 Å². The van der Waals surface area contributed by atoms with Crippen LogP contribution in [0, 0.1) is 5.82 Å². The van der Waals surface area contributed by atoms with Gasteiger partial charge in [-0.2, -0.15) is 5.10 Å². The van der Waals surface area contributed by atoms with E-state index in [0.29, 0.717) is 18.8 Å². The van der Waals surface area contributed by atoms with Crippen LogP contribution in [-0.4, -0.2) is 27.1 Å². The maximum Gasteiger partial charge on any atom is 0.274 e. The second-order valence-electron chi connectivity index (χ2n) is 7.17. The van der Waals surface area contributed by atoms with Crippen LogP contribution in [0.1, 0.15) is 47.1 Å². The summed E-state index contributed by atoms with van der Waals surface area (Å²) in [5.41, 5.74) is 4.56. The zero-order valence-electron chi connectivity index (χ0n) is 16.1. The van der Waals surface area contributed by atoms with Crippen molar-refractivity contribution in [3.05, 3.63) is 82.9 Å². The van der Waals surface area contributed by atoms with Gasteiger partial charge in [0.15, 0.2) is 5.69 Å². The summed E-state index contributed by atoms with van der Waals surface area (Å²) >= 11 is 0. The first-order chi connectivity index (χ1) is 13.7. The number of carbonyl (C=O) groups excluding carboxylic acids is 1. The van der Waals surface area contributed by atoms with Crippen molar-refractivity contribution in [1.82, 2.24) is 14.7 Å². The highest BCUT2D eigenvalue weighted by atomic mass is 19.1. The molecule has 0 N–H and O–H groups in total. The third kappa shape index (κ3) is 3.57. The SMILES string of the molecule is CCN(Cc1ccccc1)C(=O)c1nn(-c2ccc(F)cc2)c2c1CCCC2. The fourth-order valence-corrected chi connectivity index (χ4v) is 3.85. The molecule has 1 aromatic heterocycles. The van der Waals surface area contributed by atoms with Gasteiger partial charge in [-0.1, -0.05) is 30.3 Å². The molecule has 144 valence electrons. The Morgan fingerprint density at radius 3 is 2.50 bits per heavy atom. The topological polar surface area (TPSA) is 38.1 Å². The highest BCUT2D eigenvalue weighted by molar-refractivity contribution is 5.94. The van der Waals surface area contributed by atoms with Crippen LogP contribution in [0.4, 0.5) is 4.39 Å². The summed E-state index contributed by atoms with van der Waals surface area (Å²) < 4.78 is 15.2. The van der Waals surface area contributed by atoms with Crippen LogP contribution in [0.15, 0.2) is 54.6 Å². The second-order valence-corrected chi connectivity index (χ2v) is 7.17. The number of fused-ring (bicyclic) bond motifs is 1. The van der Waals surface area contributed by atoms with Gasteiger partial charge in [0, 0.05) is 24.3 Å². The minimum atomic E-state index is -0.277. The lowest BCUT2D eigenvalue weighted by Gasteiger charge is -2.21. The molecule has 0 spiro atoms. The van der Waals surface area contributed by atoms with Crippen LogP contribution in [-0.2, 0) is 19.4 Å². The molecule has 28 heavy (non-hydrogen) atoms. The van der Waals surface area contributed by atoms with Crippen LogP contribution in [0.5, 0.6) is 0 Å². The van der Waals surface area contributed by atoms with E-state index in [1.54, 1.807) is 12.1 Å². The molecule has 1 heterocycles. The normalized spacial score (nSPS) is 13.2. The van der Waals surface area contributed by atoms with E-state index in [-0.39, 0.29) is 11.7 Å². The highest BCUT2D eigenvalue weighted by Crippen LogP contribution is 2.28. The van der Waals surface area contributed by atoms with Gasteiger partial charge in [0.1, 0.15) is 5.82 Å². The predicted octanol–water partition coefficient (Wildman–Crippen LogP) is 4.55.